The summed E-state index contributed by atoms with van der Waals surface area (Å²) in [5.41, 5.74) is 0.600. The molecule has 0 bridgehead atoms. The zero-order valence-corrected chi connectivity index (χ0v) is 13.3. The van der Waals surface area contributed by atoms with Crippen molar-refractivity contribution in [1.82, 2.24) is 14.9 Å². The van der Waals surface area contributed by atoms with Gasteiger partial charge in [0.25, 0.3) is 11.5 Å². The predicted octanol–water partition coefficient (Wildman–Crippen LogP) is 2.62. The first kappa shape index (κ1) is 14.3. The van der Waals surface area contributed by atoms with E-state index in [-0.39, 0.29) is 17.5 Å². The lowest BCUT2D eigenvalue weighted by Crippen LogP contribution is -2.41. The number of aromatic amines is 1. The highest BCUT2D eigenvalue weighted by atomic mass is 32.1. The van der Waals surface area contributed by atoms with E-state index in [0.717, 1.165) is 24.9 Å². The Balaban J connectivity index is 2.08. The summed E-state index contributed by atoms with van der Waals surface area (Å²) in [7, 11) is 0. The number of nitrogens with one attached hydrogen (secondary N) is 1. The first-order valence-electron chi connectivity index (χ1n) is 7.30. The quantitative estimate of drug-likeness (QED) is 0.880. The molecule has 3 heterocycles. The lowest BCUT2D eigenvalue weighted by Gasteiger charge is -2.33. The summed E-state index contributed by atoms with van der Waals surface area (Å²) in [5, 5.41) is 0.554. The number of carbonyl (C=O) groups excluding carboxylic acids is 1. The highest BCUT2D eigenvalue weighted by molar-refractivity contribution is 7.20. The van der Waals surface area contributed by atoms with Crippen molar-refractivity contribution in [2.24, 2.45) is 0 Å². The molecule has 0 radical (unpaired) electrons. The van der Waals surface area contributed by atoms with Gasteiger partial charge in [-0.25, -0.2) is 4.98 Å². The fourth-order valence-electron chi connectivity index (χ4n) is 2.99. The highest BCUT2D eigenvalue weighted by Gasteiger charge is 2.28. The SMILES string of the molecule is Cc1nc2sc(C(=O)N3CCCCC3C)c(C)c2c(=O)[nH]1. The number of aromatic nitrogens is 2. The predicted molar refractivity (Wildman–Crippen MR) is 84.1 cm³/mol. The Bertz CT molecular complexity index is 762. The second kappa shape index (κ2) is 5.26. The number of aryl methyl sites for hydroxylation is 2. The van der Waals surface area contributed by atoms with Crippen LogP contribution in [0.4, 0.5) is 0 Å². The lowest BCUT2D eigenvalue weighted by atomic mass is 10.0. The summed E-state index contributed by atoms with van der Waals surface area (Å²) in [4.78, 5) is 35.2. The van der Waals surface area contributed by atoms with Crippen molar-refractivity contribution in [2.75, 3.05) is 6.54 Å². The molecule has 1 amide bonds. The smallest absolute Gasteiger partial charge is 0.264 e. The summed E-state index contributed by atoms with van der Waals surface area (Å²) in [5.74, 6) is 0.624. The van der Waals surface area contributed by atoms with E-state index in [1.807, 2.05) is 11.8 Å². The average molecular weight is 305 g/mol. The van der Waals surface area contributed by atoms with Crippen molar-refractivity contribution < 1.29 is 4.79 Å². The highest BCUT2D eigenvalue weighted by Crippen LogP contribution is 2.30. The fourth-order valence-corrected chi connectivity index (χ4v) is 4.17. The number of likely N-dealkylation sites (tertiary alicyclic amines) is 1. The molecule has 3 rings (SSSR count). The van der Waals surface area contributed by atoms with Crippen LogP contribution in [0.3, 0.4) is 0 Å². The Morgan fingerprint density at radius 3 is 2.86 bits per heavy atom. The minimum atomic E-state index is -0.156. The topological polar surface area (TPSA) is 66.1 Å². The van der Waals surface area contributed by atoms with E-state index >= 15 is 0 Å². The van der Waals surface area contributed by atoms with Crippen molar-refractivity contribution in [1.29, 1.82) is 0 Å². The van der Waals surface area contributed by atoms with Gasteiger partial charge in [0, 0.05) is 12.6 Å². The van der Waals surface area contributed by atoms with Gasteiger partial charge in [-0.05, 0) is 45.6 Å². The van der Waals surface area contributed by atoms with Crippen molar-refractivity contribution in [3.05, 3.63) is 26.6 Å². The molecule has 1 fully saturated rings. The number of rotatable bonds is 1. The Morgan fingerprint density at radius 2 is 2.14 bits per heavy atom. The minimum absolute atomic E-state index is 0.0414. The van der Waals surface area contributed by atoms with Crippen molar-refractivity contribution in [2.45, 2.75) is 46.1 Å². The standard InChI is InChI=1S/C15H19N3O2S/c1-8-6-4-5-7-18(8)15(20)12-9(2)11-13(19)16-10(3)17-14(11)21-12/h8H,4-7H2,1-3H3,(H,16,17,19). The molecule has 1 aliphatic rings. The van der Waals surface area contributed by atoms with Gasteiger partial charge in [-0.1, -0.05) is 0 Å². The van der Waals surface area contributed by atoms with E-state index in [1.54, 1.807) is 6.92 Å². The van der Waals surface area contributed by atoms with Gasteiger partial charge in [0.15, 0.2) is 0 Å². The fraction of sp³-hybridized carbons (Fsp3) is 0.533. The van der Waals surface area contributed by atoms with Gasteiger partial charge in [0.2, 0.25) is 0 Å². The Morgan fingerprint density at radius 1 is 1.38 bits per heavy atom. The maximum absolute atomic E-state index is 12.8. The molecule has 112 valence electrons. The van der Waals surface area contributed by atoms with Crippen molar-refractivity contribution >= 4 is 27.5 Å². The molecule has 21 heavy (non-hydrogen) atoms. The number of piperidine rings is 1. The summed E-state index contributed by atoms with van der Waals surface area (Å²) < 4.78 is 0. The molecule has 0 spiro atoms. The maximum Gasteiger partial charge on any atom is 0.264 e. The van der Waals surface area contributed by atoms with Crippen LogP contribution in [0.5, 0.6) is 0 Å². The Labute approximate surface area is 127 Å². The maximum atomic E-state index is 12.8. The first-order valence-corrected chi connectivity index (χ1v) is 8.11. The van der Waals surface area contributed by atoms with Crippen molar-refractivity contribution in [3.8, 4) is 0 Å². The molecule has 5 nitrogen and oxygen atoms in total. The van der Waals surface area contributed by atoms with Crippen LogP contribution in [0, 0.1) is 13.8 Å². The Kier molecular flexibility index (Phi) is 3.57. The molecule has 1 aliphatic heterocycles. The van der Waals surface area contributed by atoms with E-state index in [0.29, 0.717) is 20.9 Å². The van der Waals surface area contributed by atoms with Gasteiger partial charge < -0.3 is 9.88 Å². The monoisotopic (exact) mass is 305 g/mol. The van der Waals surface area contributed by atoms with E-state index in [9.17, 15) is 9.59 Å². The van der Waals surface area contributed by atoms with Crippen LogP contribution in [0.2, 0.25) is 0 Å². The molecule has 0 aliphatic carbocycles. The minimum Gasteiger partial charge on any atom is -0.335 e. The second-order valence-electron chi connectivity index (χ2n) is 5.73. The Hall–Kier alpha value is -1.69. The van der Waals surface area contributed by atoms with Crippen LogP contribution in [0.1, 0.15) is 47.2 Å². The number of fused-ring (bicyclic) bond motifs is 1. The zero-order valence-electron chi connectivity index (χ0n) is 12.5. The molecular weight excluding hydrogens is 286 g/mol. The first-order chi connectivity index (χ1) is 9.99. The zero-order chi connectivity index (χ0) is 15.1. The average Bonchev–Trinajstić information content (AvgIpc) is 2.75. The third-order valence-electron chi connectivity index (χ3n) is 4.18. The molecule has 2 aromatic heterocycles. The number of thiophene rings is 1. The third kappa shape index (κ3) is 2.37. The van der Waals surface area contributed by atoms with Gasteiger partial charge >= 0.3 is 0 Å². The van der Waals surface area contributed by atoms with Gasteiger partial charge in [-0.3, -0.25) is 9.59 Å². The number of nitrogens with zero attached hydrogens (tertiary/aromatic N) is 2. The van der Waals surface area contributed by atoms with Gasteiger partial charge in [0.05, 0.1) is 10.3 Å². The van der Waals surface area contributed by atoms with Crippen LogP contribution >= 0.6 is 11.3 Å². The number of carbonyl (C=O) groups is 1. The number of amides is 1. The molecule has 0 aromatic carbocycles. The van der Waals surface area contributed by atoms with Crippen LogP contribution in [-0.4, -0.2) is 33.4 Å². The van der Waals surface area contributed by atoms with E-state index in [2.05, 4.69) is 16.9 Å². The molecule has 6 heteroatoms. The summed E-state index contributed by atoms with van der Waals surface area (Å²) in [6.45, 7) is 6.49. The summed E-state index contributed by atoms with van der Waals surface area (Å²) in [6.07, 6.45) is 3.28. The molecule has 1 unspecified atom stereocenters. The lowest BCUT2D eigenvalue weighted by molar-refractivity contribution is 0.0640. The second-order valence-corrected chi connectivity index (χ2v) is 6.73. The normalized spacial score (nSPS) is 19.2. The van der Waals surface area contributed by atoms with Gasteiger partial charge in [-0.15, -0.1) is 11.3 Å². The van der Waals surface area contributed by atoms with Crippen LogP contribution in [0.25, 0.3) is 10.2 Å². The van der Waals surface area contributed by atoms with E-state index in [1.165, 1.54) is 17.8 Å². The van der Waals surface area contributed by atoms with Gasteiger partial charge in [-0.2, -0.15) is 0 Å². The summed E-state index contributed by atoms with van der Waals surface area (Å²) in [6, 6.07) is 0.267. The third-order valence-corrected chi connectivity index (χ3v) is 5.35. The largest absolute Gasteiger partial charge is 0.335 e. The molecule has 1 N–H and O–H groups in total. The van der Waals surface area contributed by atoms with Crippen LogP contribution in [-0.2, 0) is 0 Å². The van der Waals surface area contributed by atoms with Crippen molar-refractivity contribution in [3.63, 3.8) is 0 Å². The van der Waals surface area contributed by atoms with Crippen LogP contribution < -0.4 is 5.56 Å². The van der Waals surface area contributed by atoms with Crippen LogP contribution in [0.15, 0.2) is 4.79 Å². The molecule has 1 atom stereocenters. The number of hydrogen-bond donors (Lipinski definition) is 1. The van der Waals surface area contributed by atoms with E-state index < -0.39 is 0 Å². The molecule has 1 saturated heterocycles. The van der Waals surface area contributed by atoms with E-state index in [4.69, 9.17) is 0 Å². The molecular formula is C15H19N3O2S. The molecule has 2 aromatic rings. The number of hydrogen-bond acceptors (Lipinski definition) is 4. The molecule has 0 saturated carbocycles. The number of H-pyrrole nitrogens is 1. The van der Waals surface area contributed by atoms with Gasteiger partial charge in [0.1, 0.15) is 10.7 Å². The summed E-state index contributed by atoms with van der Waals surface area (Å²) >= 11 is 1.33.